The van der Waals surface area contributed by atoms with E-state index in [1.54, 1.807) is 12.2 Å². The van der Waals surface area contributed by atoms with E-state index in [2.05, 4.69) is 13.2 Å². The molecule has 0 saturated carbocycles. The Morgan fingerprint density at radius 3 is 2.67 bits per heavy atom. The van der Waals surface area contributed by atoms with Gasteiger partial charge in [0.15, 0.2) is 12.4 Å². The number of rotatable bonds is 3. The van der Waals surface area contributed by atoms with Crippen LogP contribution >= 0.6 is 0 Å². The summed E-state index contributed by atoms with van der Waals surface area (Å²) in [5.41, 5.74) is 1.03. The highest BCUT2D eigenvalue weighted by Gasteiger charge is 2.17. The molecule has 1 aliphatic rings. The van der Waals surface area contributed by atoms with E-state index in [4.69, 9.17) is 4.74 Å². The summed E-state index contributed by atoms with van der Waals surface area (Å²) in [7, 11) is 0. The zero-order valence-corrected chi connectivity index (χ0v) is 6.95. The number of aldehydes is 1. The molecular weight excluding hydrogens is 152 g/mol. The van der Waals surface area contributed by atoms with Gasteiger partial charge in [0.2, 0.25) is 0 Å². The van der Waals surface area contributed by atoms with E-state index in [1.165, 1.54) is 0 Å². The maximum Gasteiger partial charge on any atom is 0.160 e. The van der Waals surface area contributed by atoms with Crippen LogP contribution in [0.1, 0.15) is 12.8 Å². The van der Waals surface area contributed by atoms with E-state index in [-0.39, 0.29) is 6.10 Å². The van der Waals surface area contributed by atoms with Crippen LogP contribution in [0.4, 0.5) is 0 Å². The van der Waals surface area contributed by atoms with E-state index in [0.717, 1.165) is 24.7 Å². The predicted molar refractivity (Wildman–Crippen MR) is 47.6 cm³/mol. The van der Waals surface area contributed by atoms with Crippen LogP contribution in [0.5, 0.6) is 0 Å². The lowest BCUT2D eigenvalue weighted by molar-refractivity contribution is -0.116. The van der Waals surface area contributed by atoms with Gasteiger partial charge in [0.1, 0.15) is 5.76 Å². The maximum atomic E-state index is 10.4. The van der Waals surface area contributed by atoms with Gasteiger partial charge < -0.3 is 4.74 Å². The minimum absolute atomic E-state index is 0.304. The molecule has 0 amide bonds. The number of carbonyl (C=O) groups is 1. The van der Waals surface area contributed by atoms with Gasteiger partial charge in [-0.3, -0.25) is 4.79 Å². The van der Waals surface area contributed by atoms with E-state index in [1.807, 2.05) is 0 Å². The summed E-state index contributed by atoms with van der Waals surface area (Å²) >= 11 is 0. The topological polar surface area (TPSA) is 26.3 Å². The van der Waals surface area contributed by atoms with Gasteiger partial charge >= 0.3 is 0 Å². The molecule has 0 fully saturated rings. The second-order valence-corrected chi connectivity index (χ2v) is 2.63. The van der Waals surface area contributed by atoms with Crippen LogP contribution in [0.2, 0.25) is 0 Å². The van der Waals surface area contributed by atoms with Gasteiger partial charge in [-0.25, -0.2) is 0 Å². The Kier molecular flexibility index (Phi) is 2.86. The molecular formula is C10H12O2. The Balaban J connectivity index is 2.82. The quantitative estimate of drug-likeness (QED) is 0.596. The summed E-state index contributed by atoms with van der Waals surface area (Å²) in [6, 6.07) is 0. The van der Waals surface area contributed by atoms with Crippen molar-refractivity contribution >= 4 is 6.29 Å². The van der Waals surface area contributed by atoms with E-state index in [9.17, 15) is 4.79 Å². The van der Waals surface area contributed by atoms with Crippen LogP contribution in [0.15, 0.2) is 36.6 Å². The van der Waals surface area contributed by atoms with Crippen molar-refractivity contribution in [3.8, 4) is 0 Å². The molecule has 2 nitrogen and oxygen atoms in total. The predicted octanol–water partition coefficient (Wildman–Crippen LogP) is 1.99. The zero-order valence-electron chi connectivity index (χ0n) is 6.95. The molecule has 0 spiro atoms. The van der Waals surface area contributed by atoms with E-state index >= 15 is 0 Å². The third-order valence-electron chi connectivity index (χ3n) is 1.88. The SMILES string of the molecule is C=CC1=C(C=C)OC(C=O)CC1. The van der Waals surface area contributed by atoms with Gasteiger partial charge in [0.05, 0.1) is 0 Å². The second-order valence-electron chi connectivity index (χ2n) is 2.63. The number of carbonyl (C=O) groups excluding carboxylic acids is 1. The number of ether oxygens (including phenoxy) is 1. The maximum absolute atomic E-state index is 10.4. The van der Waals surface area contributed by atoms with Crippen LogP contribution in [0.25, 0.3) is 0 Å². The fourth-order valence-corrected chi connectivity index (χ4v) is 1.20. The molecule has 1 rings (SSSR count). The Labute approximate surface area is 72.2 Å². The van der Waals surface area contributed by atoms with Gasteiger partial charge in [-0.15, -0.1) is 0 Å². The lowest BCUT2D eigenvalue weighted by Crippen LogP contribution is -2.18. The molecule has 0 bridgehead atoms. The van der Waals surface area contributed by atoms with Crippen LogP contribution in [0, 0.1) is 0 Å². The molecule has 0 saturated heterocycles. The third-order valence-corrected chi connectivity index (χ3v) is 1.88. The van der Waals surface area contributed by atoms with Crippen molar-refractivity contribution in [2.45, 2.75) is 18.9 Å². The molecule has 1 aliphatic heterocycles. The highest BCUT2D eigenvalue weighted by molar-refractivity contribution is 5.57. The third kappa shape index (κ3) is 1.64. The minimum atomic E-state index is -0.304. The van der Waals surface area contributed by atoms with E-state index in [0.29, 0.717) is 5.76 Å². The van der Waals surface area contributed by atoms with Crippen LogP contribution in [0.3, 0.4) is 0 Å². The van der Waals surface area contributed by atoms with E-state index < -0.39 is 0 Å². The standard InChI is InChI=1S/C10H12O2/c1-3-8-5-6-9(7-11)12-10(8)4-2/h3-4,7,9H,1-2,5-6H2. The molecule has 64 valence electrons. The average Bonchev–Trinajstić information content (AvgIpc) is 2.16. The molecule has 1 unspecified atom stereocenters. The molecule has 0 aromatic rings. The summed E-state index contributed by atoms with van der Waals surface area (Å²) in [6.45, 7) is 7.26. The highest BCUT2D eigenvalue weighted by atomic mass is 16.5. The monoisotopic (exact) mass is 164 g/mol. The molecule has 0 aromatic carbocycles. The van der Waals surface area contributed by atoms with Crippen molar-refractivity contribution in [1.82, 2.24) is 0 Å². The molecule has 0 radical (unpaired) electrons. The zero-order chi connectivity index (χ0) is 8.97. The van der Waals surface area contributed by atoms with Crippen LogP contribution < -0.4 is 0 Å². The lowest BCUT2D eigenvalue weighted by atomic mass is 10.0. The molecule has 12 heavy (non-hydrogen) atoms. The van der Waals surface area contributed by atoms with Crippen LogP contribution in [-0.2, 0) is 9.53 Å². The summed E-state index contributed by atoms with van der Waals surface area (Å²) in [5, 5.41) is 0. The first-order valence-electron chi connectivity index (χ1n) is 3.91. The van der Waals surface area contributed by atoms with Crippen molar-refractivity contribution in [2.75, 3.05) is 0 Å². The van der Waals surface area contributed by atoms with Crippen molar-refractivity contribution in [2.24, 2.45) is 0 Å². The van der Waals surface area contributed by atoms with Gasteiger partial charge in [0, 0.05) is 0 Å². The summed E-state index contributed by atoms with van der Waals surface area (Å²) in [5.74, 6) is 0.688. The first-order valence-corrected chi connectivity index (χ1v) is 3.91. The Morgan fingerprint density at radius 1 is 1.42 bits per heavy atom. The average molecular weight is 164 g/mol. The smallest absolute Gasteiger partial charge is 0.160 e. The van der Waals surface area contributed by atoms with Crippen molar-refractivity contribution in [3.05, 3.63) is 36.6 Å². The Bertz CT molecular complexity index is 238. The molecule has 0 aromatic heterocycles. The summed E-state index contributed by atoms with van der Waals surface area (Å²) in [6.07, 6.45) is 5.46. The number of hydrogen-bond donors (Lipinski definition) is 0. The first-order chi connectivity index (χ1) is 5.81. The van der Waals surface area contributed by atoms with Crippen molar-refractivity contribution in [1.29, 1.82) is 0 Å². The molecule has 0 N–H and O–H groups in total. The Morgan fingerprint density at radius 2 is 2.17 bits per heavy atom. The second kappa shape index (κ2) is 3.90. The van der Waals surface area contributed by atoms with Gasteiger partial charge in [-0.05, 0) is 24.5 Å². The molecule has 2 heteroatoms. The molecule has 0 aliphatic carbocycles. The fourth-order valence-electron chi connectivity index (χ4n) is 1.20. The summed E-state index contributed by atoms with van der Waals surface area (Å²) in [4.78, 5) is 10.4. The van der Waals surface area contributed by atoms with Gasteiger partial charge in [0.25, 0.3) is 0 Å². The van der Waals surface area contributed by atoms with Crippen molar-refractivity contribution in [3.63, 3.8) is 0 Å². The fraction of sp³-hybridized carbons (Fsp3) is 0.300. The van der Waals surface area contributed by atoms with Gasteiger partial charge in [-0.2, -0.15) is 0 Å². The number of allylic oxidation sites excluding steroid dienone is 3. The van der Waals surface area contributed by atoms with Gasteiger partial charge in [-0.1, -0.05) is 19.2 Å². The Hall–Kier alpha value is -1.31. The minimum Gasteiger partial charge on any atom is -0.483 e. The van der Waals surface area contributed by atoms with Crippen molar-refractivity contribution < 1.29 is 9.53 Å². The highest BCUT2D eigenvalue weighted by Crippen LogP contribution is 2.23. The molecule has 1 heterocycles. The lowest BCUT2D eigenvalue weighted by Gasteiger charge is -2.21. The normalized spacial score (nSPS) is 22.8. The molecule has 1 atom stereocenters. The largest absolute Gasteiger partial charge is 0.483 e. The first kappa shape index (κ1) is 8.78. The summed E-state index contributed by atoms with van der Waals surface area (Å²) < 4.78 is 5.31. The number of hydrogen-bond acceptors (Lipinski definition) is 2. The van der Waals surface area contributed by atoms with Crippen LogP contribution in [-0.4, -0.2) is 12.4 Å².